The minimum Gasteiger partial charge on any atom is -0.378 e. The second-order valence-electron chi connectivity index (χ2n) is 7.36. The van der Waals surface area contributed by atoms with Crippen LogP contribution in [0.15, 0.2) is 29.4 Å². The maximum atomic E-state index is 6.06. The number of rotatable bonds is 9. The van der Waals surface area contributed by atoms with Gasteiger partial charge in [-0.15, -0.1) is 34.2 Å². The first kappa shape index (κ1) is 23.9. The van der Waals surface area contributed by atoms with Gasteiger partial charge in [0.1, 0.15) is 6.54 Å². The molecule has 0 spiro atoms. The molecule has 0 amide bonds. The first-order valence-corrected chi connectivity index (χ1v) is 10.8. The molecular weight excluding hydrogens is 479 g/mol. The molecule has 2 heterocycles. The monoisotopic (exact) mass is 514 g/mol. The van der Waals surface area contributed by atoms with E-state index >= 15 is 0 Å². The van der Waals surface area contributed by atoms with Crippen LogP contribution in [0.5, 0.6) is 0 Å². The van der Waals surface area contributed by atoms with E-state index in [1.165, 1.54) is 38.5 Å². The van der Waals surface area contributed by atoms with Crippen molar-refractivity contribution in [3.63, 3.8) is 0 Å². The van der Waals surface area contributed by atoms with Gasteiger partial charge in [0.05, 0.1) is 6.10 Å². The van der Waals surface area contributed by atoms with Crippen molar-refractivity contribution in [3.8, 4) is 0 Å². The summed E-state index contributed by atoms with van der Waals surface area (Å²) in [5, 5.41) is 15.1. The lowest BCUT2D eigenvalue weighted by atomic mass is 10.1. The standard InChI is InChI=1S/C21H34N6O.HI/c1-2-22-21(24-17-20-26-25-19-13-7-9-15-27(19)20)23-14-8-10-16-28-18-11-5-3-4-6-12-18;/h7,9,13,15,18H,2-6,8,10-12,14,16-17H2,1H3,(H2,22,23,24);1H. The molecule has 2 N–H and O–H groups in total. The Hall–Kier alpha value is -1.42. The molecule has 0 saturated heterocycles. The Morgan fingerprint density at radius 2 is 1.97 bits per heavy atom. The van der Waals surface area contributed by atoms with Crippen LogP contribution in [0.3, 0.4) is 0 Å². The van der Waals surface area contributed by atoms with Gasteiger partial charge in [-0.3, -0.25) is 4.40 Å². The molecule has 0 unspecified atom stereocenters. The Bertz CT molecular complexity index is 727. The summed E-state index contributed by atoms with van der Waals surface area (Å²) in [6.45, 7) is 5.15. The van der Waals surface area contributed by atoms with Gasteiger partial charge in [0, 0.05) is 25.9 Å². The van der Waals surface area contributed by atoms with Crippen molar-refractivity contribution in [1.29, 1.82) is 0 Å². The van der Waals surface area contributed by atoms with Gasteiger partial charge in [-0.1, -0.05) is 31.7 Å². The summed E-state index contributed by atoms with van der Waals surface area (Å²) in [6.07, 6.45) is 12.5. The third-order valence-corrected chi connectivity index (χ3v) is 5.13. The van der Waals surface area contributed by atoms with Crippen LogP contribution >= 0.6 is 24.0 Å². The average Bonchev–Trinajstić information content (AvgIpc) is 2.95. The fraction of sp³-hybridized carbons (Fsp3) is 0.667. The number of fused-ring (bicyclic) bond motifs is 1. The minimum absolute atomic E-state index is 0. The van der Waals surface area contributed by atoms with E-state index in [2.05, 4.69) is 32.7 Å². The molecule has 3 rings (SSSR count). The van der Waals surface area contributed by atoms with Crippen LogP contribution in [0.4, 0.5) is 0 Å². The maximum absolute atomic E-state index is 6.06. The van der Waals surface area contributed by atoms with Crippen molar-refractivity contribution in [2.75, 3.05) is 19.7 Å². The van der Waals surface area contributed by atoms with Gasteiger partial charge in [0.25, 0.3) is 0 Å². The van der Waals surface area contributed by atoms with Crippen molar-refractivity contribution < 1.29 is 4.74 Å². The van der Waals surface area contributed by atoms with Crippen LogP contribution in [-0.2, 0) is 11.3 Å². The van der Waals surface area contributed by atoms with Gasteiger partial charge in [-0.05, 0) is 44.7 Å². The first-order valence-electron chi connectivity index (χ1n) is 10.8. The number of unbranched alkanes of at least 4 members (excludes halogenated alkanes) is 1. The SMILES string of the molecule is CCNC(=NCc1nnc2ccccn12)NCCCCOC1CCCCCC1.I. The third kappa shape index (κ3) is 8.08. The Labute approximate surface area is 191 Å². The molecule has 0 radical (unpaired) electrons. The lowest BCUT2D eigenvalue weighted by molar-refractivity contribution is 0.0411. The van der Waals surface area contributed by atoms with Crippen molar-refractivity contribution in [2.45, 2.75) is 70.9 Å². The summed E-state index contributed by atoms with van der Waals surface area (Å²) in [5.41, 5.74) is 0.847. The molecule has 0 aromatic carbocycles. The zero-order valence-corrected chi connectivity index (χ0v) is 19.8. The van der Waals surface area contributed by atoms with E-state index in [0.29, 0.717) is 12.6 Å². The second kappa shape index (κ2) is 13.7. The first-order chi connectivity index (χ1) is 13.9. The van der Waals surface area contributed by atoms with Crippen molar-refractivity contribution >= 4 is 35.6 Å². The summed E-state index contributed by atoms with van der Waals surface area (Å²) in [7, 11) is 0. The van der Waals surface area contributed by atoms with Crippen LogP contribution in [0.1, 0.15) is 64.1 Å². The summed E-state index contributed by atoms with van der Waals surface area (Å²) in [5.74, 6) is 1.66. The summed E-state index contributed by atoms with van der Waals surface area (Å²) >= 11 is 0. The number of guanidine groups is 1. The van der Waals surface area contributed by atoms with Crippen LogP contribution in [0, 0.1) is 0 Å². The molecule has 8 heteroatoms. The molecule has 1 fully saturated rings. The fourth-order valence-corrected chi connectivity index (χ4v) is 3.58. The number of aliphatic imine (C=N–C) groups is 1. The van der Waals surface area contributed by atoms with Crippen LogP contribution in [-0.4, -0.2) is 46.4 Å². The Kier molecular flexibility index (Phi) is 11.3. The Morgan fingerprint density at radius 3 is 2.76 bits per heavy atom. The van der Waals surface area contributed by atoms with E-state index in [4.69, 9.17) is 4.74 Å². The lowest BCUT2D eigenvalue weighted by Crippen LogP contribution is -2.37. The molecule has 1 aliphatic rings. The predicted molar refractivity (Wildman–Crippen MR) is 128 cm³/mol. The van der Waals surface area contributed by atoms with Crippen LogP contribution in [0.25, 0.3) is 5.65 Å². The molecular formula is C21H35IN6O. The molecule has 7 nitrogen and oxygen atoms in total. The Morgan fingerprint density at radius 1 is 1.14 bits per heavy atom. The predicted octanol–water partition coefficient (Wildman–Crippen LogP) is 3.92. The zero-order chi connectivity index (χ0) is 19.4. The van der Waals surface area contributed by atoms with E-state index in [0.717, 1.165) is 50.0 Å². The average molecular weight is 514 g/mol. The largest absolute Gasteiger partial charge is 0.378 e. The highest BCUT2D eigenvalue weighted by Gasteiger charge is 2.12. The number of hydrogen-bond acceptors (Lipinski definition) is 4. The summed E-state index contributed by atoms with van der Waals surface area (Å²) < 4.78 is 8.03. The molecule has 0 bridgehead atoms. The van der Waals surface area contributed by atoms with Gasteiger partial charge in [-0.25, -0.2) is 4.99 Å². The highest BCUT2D eigenvalue weighted by Crippen LogP contribution is 2.19. The topological polar surface area (TPSA) is 75.8 Å². The molecule has 29 heavy (non-hydrogen) atoms. The van der Waals surface area contributed by atoms with E-state index in [1.807, 2.05) is 28.8 Å². The molecule has 1 aliphatic carbocycles. The number of hydrogen-bond donors (Lipinski definition) is 2. The third-order valence-electron chi connectivity index (χ3n) is 5.13. The molecule has 162 valence electrons. The van der Waals surface area contributed by atoms with Crippen LogP contribution in [0.2, 0.25) is 0 Å². The van der Waals surface area contributed by atoms with Crippen molar-refractivity contribution in [2.24, 2.45) is 4.99 Å². The highest BCUT2D eigenvalue weighted by molar-refractivity contribution is 14.0. The maximum Gasteiger partial charge on any atom is 0.191 e. The number of halogens is 1. The van der Waals surface area contributed by atoms with E-state index < -0.39 is 0 Å². The normalized spacial score (nSPS) is 15.7. The van der Waals surface area contributed by atoms with Gasteiger partial charge in [-0.2, -0.15) is 0 Å². The number of nitrogens with one attached hydrogen (secondary N) is 2. The lowest BCUT2D eigenvalue weighted by Gasteiger charge is -2.15. The number of ether oxygens (including phenoxy) is 1. The second-order valence-corrected chi connectivity index (χ2v) is 7.36. The van der Waals surface area contributed by atoms with E-state index in [1.54, 1.807) is 0 Å². The van der Waals surface area contributed by atoms with Gasteiger partial charge in [0.15, 0.2) is 17.4 Å². The van der Waals surface area contributed by atoms with Crippen molar-refractivity contribution in [3.05, 3.63) is 30.2 Å². The summed E-state index contributed by atoms with van der Waals surface area (Å²) in [6, 6.07) is 5.88. The van der Waals surface area contributed by atoms with E-state index in [9.17, 15) is 0 Å². The van der Waals surface area contributed by atoms with E-state index in [-0.39, 0.29) is 24.0 Å². The number of nitrogens with zero attached hydrogens (tertiary/aromatic N) is 4. The number of aromatic nitrogens is 3. The quantitative estimate of drug-likeness (QED) is 0.175. The molecule has 2 aromatic rings. The van der Waals surface area contributed by atoms with Gasteiger partial charge in [0.2, 0.25) is 0 Å². The molecule has 0 atom stereocenters. The van der Waals surface area contributed by atoms with Crippen LogP contribution < -0.4 is 10.6 Å². The number of pyridine rings is 1. The molecule has 1 saturated carbocycles. The smallest absolute Gasteiger partial charge is 0.191 e. The fourth-order valence-electron chi connectivity index (χ4n) is 3.58. The minimum atomic E-state index is 0. The Balaban J connectivity index is 0.00000300. The molecule has 0 aliphatic heterocycles. The van der Waals surface area contributed by atoms with Gasteiger partial charge >= 0.3 is 0 Å². The molecule has 2 aromatic heterocycles. The highest BCUT2D eigenvalue weighted by atomic mass is 127. The summed E-state index contributed by atoms with van der Waals surface area (Å²) in [4.78, 5) is 4.65. The van der Waals surface area contributed by atoms with Crippen molar-refractivity contribution in [1.82, 2.24) is 25.2 Å². The van der Waals surface area contributed by atoms with Gasteiger partial charge < -0.3 is 15.4 Å². The zero-order valence-electron chi connectivity index (χ0n) is 17.5.